The molecule has 0 spiro atoms. The van der Waals surface area contributed by atoms with Gasteiger partial charge < -0.3 is 10.8 Å². The summed E-state index contributed by atoms with van der Waals surface area (Å²) in [5, 5.41) is 9.99. The maximum Gasteiger partial charge on any atom is 0.0914 e. The molecule has 0 saturated heterocycles. The van der Waals surface area contributed by atoms with Gasteiger partial charge in [-0.3, -0.25) is 0 Å². The van der Waals surface area contributed by atoms with Crippen molar-refractivity contribution in [2.75, 3.05) is 6.54 Å². The van der Waals surface area contributed by atoms with Gasteiger partial charge in [0.1, 0.15) is 0 Å². The van der Waals surface area contributed by atoms with Crippen LogP contribution in [0.3, 0.4) is 0 Å². The molecule has 1 saturated carbocycles. The summed E-state index contributed by atoms with van der Waals surface area (Å²) in [4.78, 5) is 0. The second-order valence-corrected chi connectivity index (χ2v) is 5.07. The van der Waals surface area contributed by atoms with Crippen molar-refractivity contribution >= 4 is 0 Å². The number of benzene rings is 1. The van der Waals surface area contributed by atoms with Crippen LogP contribution in [0.25, 0.3) is 0 Å². The predicted molar refractivity (Wildman–Crippen MR) is 70.9 cm³/mol. The molecule has 1 aromatic rings. The van der Waals surface area contributed by atoms with E-state index in [9.17, 15) is 5.11 Å². The lowest BCUT2D eigenvalue weighted by molar-refractivity contribution is 0.185. The Hall–Kier alpha value is -0.860. The molecule has 94 valence electrons. The number of aliphatic hydroxyl groups excluding tert-OH is 1. The van der Waals surface area contributed by atoms with Crippen molar-refractivity contribution in [3.05, 3.63) is 35.4 Å². The first kappa shape index (κ1) is 12.6. The molecule has 1 aliphatic rings. The summed E-state index contributed by atoms with van der Waals surface area (Å²) in [5.41, 5.74) is 7.95. The van der Waals surface area contributed by atoms with Crippen LogP contribution in [0.5, 0.6) is 0 Å². The Morgan fingerprint density at radius 1 is 1.12 bits per heavy atom. The normalized spacial score (nSPS) is 19.9. The fraction of sp³-hybridized carbons (Fsp3) is 0.600. The van der Waals surface area contributed by atoms with E-state index in [1.165, 1.54) is 44.1 Å². The van der Waals surface area contributed by atoms with Crippen LogP contribution in [0.2, 0.25) is 0 Å². The van der Waals surface area contributed by atoms with Crippen LogP contribution in [0.1, 0.15) is 61.7 Å². The number of hydrogen-bond donors (Lipinski definition) is 2. The summed E-state index contributed by atoms with van der Waals surface area (Å²) in [6, 6.07) is 8.27. The Bertz CT molecular complexity index is 343. The molecule has 0 bridgehead atoms. The smallest absolute Gasteiger partial charge is 0.0914 e. The molecule has 2 rings (SSSR count). The molecule has 2 heteroatoms. The van der Waals surface area contributed by atoms with Crippen molar-refractivity contribution in [2.24, 2.45) is 5.73 Å². The van der Waals surface area contributed by atoms with Crippen molar-refractivity contribution in [1.82, 2.24) is 0 Å². The maximum atomic E-state index is 9.99. The van der Waals surface area contributed by atoms with E-state index >= 15 is 0 Å². The van der Waals surface area contributed by atoms with Gasteiger partial charge in [0.25, 0.3) is 0 Å². The average molecular weight is 233 g/mol. The van der Waals surface area contributed by atoms with Crippen molar-refractivity contribution in [2.45, 2.75) is 50.5 Å². The molecule has 0 aromatic heterocycles. The van der Waals surface area contributed by atoms with Gasteiger partial charge in [-0.25, -0.2) is 0 Å². The van der Waals surface area contributed by atoms with Crippen molar-refractivity contribution in [1.29, 1.82) is 0 Å². The highest BCUT2D eigenvalue weighted by molar-refractivity contribution is 5.32. The Balaban J connectivity index is 2.23. The largest absolute Gasteiger partial charge is 0.387 e. The van der Waals surface area contributed by atoms with Gasteiger partial charge in [-0.15, -0.1) is 0 Å². The second-order valence-electron chi connectivity index (χ2n) is 5.07. The number of hydrogen-bond acceptors (Lipinski definition) is 2. The van der Waals surface area contributed by atoms with Crippen LogP contribution in [0, 0.1) is 0 Å². The minimum Gasteiger partial charge on any atom is -0.387 e. The third kappa shape index (κ3) is 3.08. The summed E-state index contributed by atoms with van der Waals surface area (Å²) in [6.45, 7) is 0.309. The quantitative estimate of drug-likeness (QED) is 0.788. The third-order valence-electron chi connectivity index (χ3n) is 3.87. The lowest BCUT2D eigenvalue weighted by atomic mass is 9.86. The van der Waals surface area contributed by atoms with E-state index in [1.54, 1.807) is 0 Å². The minimum absolute atomic E-state index is 0.309. The lowest BCUT2D eigenvalue weighted by Gasteiger charge is -2.21. The average Bonchev–Trinajstić information content (AvgIpc) is 2.66. The predicted octanol–water partition coefficient (Wildman–Crippen LogP) is 3.12. The van der Waals surface area contributed by atoms with E-state index in [0.29, 0.717) is 12.5 Å². The van der Waals surface area contributed by atoms with Crippen molar-refractivity contribution in [3.8, 4) is 0 Å². The number of aliphatic hydroxyl groups is 1. The summed E-state index contributed by atoms with van der Waals surface area (Å²) in [5.74, 6) is 0.620. The summed E-state index contributed by atoms with van der Waals surface area (Å²) >= 11 is 0. The summed E-state index contributed by atoms with van der Waals surface area (Å²) < 4.78 is 0. The zero-order valence-electron chi connectivity index (χ0n) is 10.4. The monoisotopic (exact) mass is 233 g/mol. The summed E-state index contributed by atoms with van der Waals surface area (Å²) in [7, 11) is 0. The highest BCUT2D eigenvalue weighted by Crippen LogP contribution is 2.35. The van der Waals surface area contributed by atoms with Gasteiger partial charge in [0.15, 0.2) is 0 Å². The second kappa shape index (κ2) is 6.18. The van der Waals surface area contributed by atoms with E-state index in [4.69, 9.17) is 5.73 Å². The molecule has 1 unspecified atom stereocenters. The van der Waals surface area contributed by atoms with E-state index in [0.717, 1.165) is 5.56 Å². The highest BCUT2D eigenvalue weighted by atomic mass is 16.3. The maximum absolute atomic E-state index is 9.99. The molecule has 1 atom stereocenters. The molecule has 1 fully saturated rings. The standard InChI is InChI=1S/C15H23NO/c16-11-15(17)14-10-6-5-9-13(14)12-7-3-1-2-4-8-12/h5-6,9-10,12,15,17H,1-4,7-8,11,16H2. The van der Waals surface area contributed by atoms with Crippen LogP contribution in [-0.2, 0) is 0 Å². The van der Waals surface area contributed by atoms with Gasteiger partial charge >= 0.3 is 0 Å². The molecule has 0 radical (unpaired) electrons. The molecule has 1 aliphatic carbocycles. The lowest BCUT2D eigenvalue weighted by Crippen LogP contribution is -2.14. The minimum atomic E-state index is -0.505. The Morgan fingerprint density at radius 3 is 2.41 bits per heavy atom. The van der Waals surface area contributed by atoms with Crippen LogP contribution in [0.4, 0.5) is 0 Å². The molecule has 3 N–H and O–H groups in total. The van der Waals surface area contributed by atoms with E-state index < -0.39 is 6.10 Å². The Morgan fingerprint density at radius 2 is 1.76 bits per heavy atom. The van der Waals surface area contributed by atoms with Gasteiger partial charge in [-0.2, -0.15) is 0 Å². The van der Waals surface area contributed by atoms with Gasteiger partial charge in [0.05, 0.1) is 6.10 Å². The molecule has 1 aromatic carbocycles. The SMILES string of the molecule is NCC(O)c1ccccc1C1CCCCCC1. The van der Waals surface area contributed by atoms with Crippen LogP contribution >= 0.6 is 0 Å². The van der Waals surface area contributed by atoms with Crippen LogP contribution < -0.4 is 5.73 Å². The third-order valence-corrected chi connectivity index (χ3v) is 3.87. The Labute approximate surface area is 104 Å². The zero-order chi connectivity index (χ0) is 12.1. The topological polar surface area (TPSA) is 46.2 Å². The van der Waals surface area contributed by atoms with E-state index in [2.05, 4.69) is 12.1 Å². The van der Waals surface area contributed by atoms with Crippen molar-refractivity contribution in [3.63, 3.8) is 0 Å². The molecule has 0 aliphatic heterocycles. The fourth-order valence-corrected chi connectivity index (χ4v) is 2.90. The first-order valence-electron chi connectivity index (χ1n) is 6.80. The van der Waals surface area contributed by atoms with Crippen molar-refractivity contribution < 1.29 is 5.11 Å². The highest BCUT2D eigenvalue weighted by Gasteiger charge is 2.19. The van der Waals surface area contributed by atoms with E-state index in [1.807, 2.05) is 12.1 Å². The summed E-state index contributed by atoms with van der Waals surface area (Å²) in [6.07, 6.45) is 7.36. The van der Waals surface area contributed by atoms with Gasteiger partial charge in [0, 0.05) is 6.54 Å². The molecule has 2 nitrogen and oxygen atoms in total. The molecular formula is C15H23NO. The first-order valence-corrected chi connectivity index (χ1v) is 6.80. The number of rotatable bonds is 3. The molecular weight excluding hydrogens is 210 g/mol. The van der Waals surface area contributed by atoms with Gasteiger partial charge in [0.2, 0.25) is 0 Å². The first-order chi connectivity index (χ1) is 8.33. The van der Waals surface area contributed by atoms with Crippen LogP contribution in [-0.4, -0.2) is 11.7 Å². The molecule has 0 amide bonds. The van der Waals surface area contributed by atoms with Gasteiger partial charge in [-0.1, -0.05) is 49.9 Å². The number of nitrogens with two attached hydrogens (primary N) is 1. The zero-order valence-corrected chi connectivity index (χ0v) is 10.4. The molecule has 17 heavy (non-hydrogen) atoms. The van der Waals surface area contributed by atoms with Crippen LogP contribution in [0.15, 0.2) is 24.3 Å². The van der Waals surface area contributed by atoms with E-state index in [-0.39, 0.29) is 0 Å². The fourth-order valence-electron chi connectivity index (χ4n) is 2.90. The Kier molecular flexibility index (Phi) is 4.57. The van der Waals surface area contributed by atoms with Gasteiger partial charge in [-0.05, 0) is 29.9 Å². The molecule has 0 heterocycles.